The molecule has 0 aliphatic carbocycles. The molecule has 2 aromatic rings. The Balaban J connectivity index is 2.25. The molecule has 6 heteroatoms. The van der Waals surface area contributed by atoms with Gasteiger partial charge in [-0.2, -0.15) is 0 Å². The van der Waals surface area contributed by atoms with Crippen molar-refractivity contribution in [2.75, 3.05) is 17.2 Å². The third-order valence-corrected chi connectivity index (χ3v) is 3.01. The maximum absolute atomic E-state index is 12.2. The third-order valence-electron chi connectivity index (χ3n) is 2.71. The Morgan fingerprint density at radius 3 is 2.85 bits per heavy atom. The highest BCUT2D eigenvalue weighted by molar-refractivity contribution is 6.34. The molecule has 0 aliphatic rings. The summed E-state index contributed by atoms with van der Waals surface area (Å²) < 4.78 is 0. The fourth-order valence-corrected chi connectivity index (χ4v) is 1.85. The van der Waals surface area contributed by atoms with E-state index in [0.29, 0.717) is 16.5 Å². The molecule has 0 aliphatic heterocycles. The average Bonchev–Trinajstić information content (AvgIpc) is 2.43. The van der Waals surface area contributed by atoms with E-state index < -0.39 is 0 Å². The highest BCUT2D eigenvalue weighted by Crippen LogP contribution is 2.19. The smallest absolute Gasteiger partial charge is 0.275 e. The summed E-state index contributed by atoms with van der Waals surface area (Å²) in [5, 5.41) is 6.11. The third kappa shape index (κ3) is 3.24. The molecule has 0 bridgehead atoms. The average molecular weight is 291 g/mol. The predicted octanol–water partition coefficient (Wildman–Crippen LogP) is 3.12. The topological polar surface area (TPSA) is 66.9 Å². The fourth-order valence-electron chi connectivity index (χ4n) is 1.66. The summed E-state index contributed by atoms with van der Waals surface area (Å²) in [6, 6.07) is 5.20. The standard InChI is InChI=1S/C14H15ClN4O/c1-3-17-12-5-4-10(15)13(19-12)14(20)18-11-8-16-7-6-9(11)2/h4-8H,3H2,1-2H3,(H,17,19)(H,18,20). The first-order valence-corrected chi connectivity index (χ1v) is 6.62. The Morgan fingerprint density at radius 1 is 1.35 bits per heavy atom. The Morgan fingerprint density at radius 2 is 2.15 bits per heavy atom. The number of carbonyl (C=O) groups is 1. The van der Waals surface area contributed by atoms with Crippen molar-refractivity contribution in [2.24, 2.45) is 0 Å². The molecule has 0 saturated carbocycles. The van der Waals surface area contributed by atoms with Gasteiger partial charge in [0.05, 0.1) is 16.9 Å². The molecule has 2 rings (SSSR count). The second kappa shape index (κ2) is 6.34. The summed E-state index contributed by atoms with van der Waals surface area (Å²) in [7, 11) is 0. The zero-order valence-electron chi connectivity index (χ0n) is 11.3. The number of carbonyl (C=O) groups excluding carboxylic acids is 1. The van der Waals surface area contributed by atoms with Crippen LogP contribution in [0.15, 0.2) is 30.6 Å². The van der Waals surface area contributed by atoms with Gasteiger partial charge in [-0.25, -0.2) is 4.98 Å². The Kier molecular flexibility index (Phi) is 4.53. The first kappa shape index (κ1) is 14.3. The summed E-state index contributed by atoms with van der Waals surface area (Å²) in [6.45, 7) is 4.56. The number of amides is 1. The number of aromatic nitrogens is 2. The van der Waals surface area contributed by atoms with E-state index >= 15 is 0 Å². The molecule has 0 saturated heterocycles. The number of nitrogens with zero attached hydrogens (tertiary/aromatic N) is 2. The van der Waals surface area contributed by atoms with E-state index in [9.17, 15) is 4.79 Å². The van der Waals surface area contributed by atoms with Crippen LogP contribution in [0.1, 0.15) is 23.0 Å². The van der Waals surface area contributed by atoms with Crippen LogP contribution in [0, 0.1) is 6.92 Å². The van der Waals surface area contributed by atoms with Gasteiger partial charge in [0.1, 0.15) is 11.5 Å². The first-order chi connectivity index (χ1) is 9.61. The van der Waals surface area contributed by atoms with Crippen molar-refractivity contribution in [1.29, 1.82) is 0 Å². The molecule has 2 N–H and O–H groups in total. The molecule has 0 radical (unpaired) electrons. The van der Waals surface area contributed by atoms with Crippen molar-refractivity contribution < 1.29 is 4.79 Å². The SMILES string of the molecule is CCNc1ccc(Cl)c(C(=O)Nc2cnccc2C)n1. The molecule has 20 heavy (non-hydrogen) atoms. The lowest BCUT2D eigenvalue weighted by Crippen LogP contribution is -2.16. The van der Waals surface area contributed by atoms with E-state index in [1.807, 2.05) is 19.9 Å². The summed E-state index contributed by atoms with van der Waals surface area (Å²) in [6.07, 6.45) is 3.26. The molecule has 5 nitrogen and oxygen atoms in total. The summed E-state index contributed by atoms with van der Waals surface area (Å²) in [4.78, 5) is 20.4. The zero-order valence-corrected chi connectivity index (χ0v) is 12.0. The van der Waals surface area contributed by atoms with Gasteiger partial charge in [-0.3, -0.25) is 9.78 Å². The quantitative estimate of drug-likeness (QED) is 0.908. The number of rotatable bonds is 4. The van der Waals surface area contributed by atoms with Crippen molar-refractivity contribution in [2.45, 2.75) is 13.8 Å². The van der Waals surface area contributed by atoms with E-state index in [1.165, 1.54) is 0 Å². The van der Waals surface area contributed by atoms with Gasteiger partial charge < -0.3 is 10.6 Å². The van der Waals surface area contributed by atoms with Gasteiger partial charge in [0.25, 0.3) is 5.91 Å². The molecule has 104 valence electrons. The lowest BCUT2D eigenvalue weighted by Gasteiger charge is -2.09. The predicted molar refractivity (Wildman–Crippen MR) is 80.3 cm³/mol. The van der Waals surface area contributed by atoms with Gasteiger partial charge in [0.2, 0.25) is 0 Å². The van der Waals surface area contributed by atoms with E-state index in [1.54, 1.807) is 24.5 Å². The van der Waals surface area contributed by atoms with Gasteiger partial charge in [-0.15, -0.1) is 0 Å². The van der Waals surface area contributed by atoms with Gasteiger partial charge in [-0.05, 0) is 37.6 Å². The van der Waals surface area contributed by atoms with E-state index in [4.69, 9.17) is 11.6 Å². The highest BCUT2D eigenvalue weighted by atomic mass is 35.5. The van der Waals surface area contributed by atoms with Gasteiger partial charge in [0, 0.05) is 12.7 Å². The van der Waals surface area contributed by atoms with Gasteiger partial charge >= 0.3 is 0 Å². The number of hydrogen-bond donors (Lipinski definition) is 2. The maximum Gasteiger partial charge on any atom is 0.275 e. The van der Waals surface area contributed by atoms with Crippen LogP contribution in [0.5, 0.6) is 0 Å². The molecule has 0 unspecified atom stereocenters. The summed E-state index contributed by atoms with van der Waals surface area (Å²) in [5.41, 5.74) is 1.75. The number of aryl methyl sites for hydroxylation is 1. The zero-order chi connectivity index (χ0) is 14.5. The second-order valence-corrected chi connectivity index (χ2v) is 4.61. The molecule has 1 amide bonds. The Labute approximate surface area is 122 Å². The molecular formula is C14H15ClN4O. The minimum absolute atomic E-state index is 0.188. The maximum atomic E-state index is 12.2. The van der Waals surface area contributed by atoms with Crippen molar-refractivity contribution in [1.82, 2.24) is 9.97 Å². The van der Waals surface area contributed by atoms with Gasteiger partial charge in [0.15, 0.2) is 0 Å². The van der Waals surface area contributed by atoms with E-state index in [-0.39, 0.29) is 11.6 Å². The fraction of sp³-hybridized carbons (Fsp3) is 0.214. The molecule has 2 heterocycles. The van der Waals surface area contributed by atoms with Crippen molar-refractivity contribution in [3.05, 3.63) is 46.9 Å². The van der Waals surface area contributed by atoms with Crippen molar-refractivity contribution in [3.8, 4) is 0 Å². The Hall–Kier alpha value is -2.14. The van der Waals surface area contributed by atoms with Crippen LogP contribution in [0.25, 0.3) is 0 Å². The minimum atomic E-state index is -0.356. The number of halogens is 1. The highest BCUT2D eigenvalue weighted by Gasteiger charge is 2.14. The van der Waals surface area contributed by atoms with E-state index in [0.717, 1.165) is 12.1 Å². The van der Waals surface area contributed by atoms with Crippen LogP contribution in [-0.4, -0.2) is 22.4 Å². The molecule has 0 fully saturated rings. The van der Waals surface area contributed by atoms with Crippen LogP contribution in [0.4, 0.5) is 11.5 Å². The molecular weight excluding hydrogens is 276 g/mol. The summed E-state index contributed by atoms with van der Waals surface area (Å²) >= 11 is 6.03. The van der Waals surface area contributed by atoms with Crippen LogP contribution < -0.4 is 10.6 Å². The molecule has 2 aromatic heterocycles. The van der Waals surface area contributed by atoms with Crippen molar-refractivity contribution in [3.63, 3.8) is 0 Å². The number of pyridine rings is 2. The normalized spacial score (nSPS) is 10.2. The first-order valence-electron chi connectivity index (χ1n) is 6.24. The van der Waals surface area contributed by atoms with E-state index in [2.05, 4.69) is 20.6 Å². The van der Waals surface area contributed by atoms with Crippen LogP contribution >= 0.6 is 11.6 Å². The number of anilines is 2. The van der Waals surface area contributed by atoms with Gasteiger partial charge in [-0.1, -0.05) is 11.6 Å². The Bertz CT molecular complexity index is 630. The second-order valence-electron chi connectivity index (χ2n) is 4.20. The van der Waals surface area contributed by atoms with Crippen LogP contribution in [0.3, 0.4) is 0 Å². The van der Waals surface area contributed by atoms with Crippen molar-refractivity contribution >= 4 is 29.0 Å². The number of nitrogens with one attached hydrogen (secondary N) is 2. The monoisotopic (exact) mass is 290 g/mol. The lowest BCUT2D eigenvalue weighted by atomic mass is 10.2. The minimum Gasteiger partial charge on any atom is -0.370 e. The summed E-state index contributed by atoms with van der Waals surface area (Å²) in [5.74, 6) is 0.260. The molecule has 0 spiro atoms. The lowest BCUT2D eigenvalue weighted by molar-refractivity contribution is 0.102. The molecule has 0 aromatic carbocycles. The van der Waals surface area contributed by atoms with Crippen LogP contribution in [-0.2, 0) is 0 Å². The van der Waals surface area contributed by atoms with Crippen LogP contribution in [0.2, 0.25) is 5.02 Å². The molecule has 0 atom stereocenters. The number of hydrogen-bond acceptors (Lipinski definition) is 4. The largest absolute Gasteiger partial charge is 0.370 e.